The van der Waals surface area contributed by atoms with Crippen molar-refractivity contribution in [2.24, 2.45) is 0 Å². The van der Waals surface area contributed by atoms with Gasteiger partial charge in [0, 0.05) is 27.8 Å². The van der Waals surface area contributed by atoms with Crippen LogP contribution in [0.15, 0.2) is 29.3 Å². The number of fused-ring (bicyclic) bond motifs is 2. The van der Waals surface area contributed by atoms with Crippen molar-refractivity contribution in [2.45, 2.75) is 82.5 Å². The fraction of sp³-hybridized carbons (Fsp3) is 0.562. The first-order valence-corrected chi connectivity index (χ1v) is 26.5. The molecule has 4 N–H and O–H groups in total. The van der Waals surface area contributed by atoms with Crippen molar-refractivity contribution in [1.82, 2.24) is 24.4 Å². The topological polar surface area (TPSA) is 280 Å². The van der Waals surface area contributed by atoms with Gasteiger partial charge in [-0.05, 0) is 24.2 Å². The van der Waals surface area contributed by atoms with E-state index in [4.69, 9.17) is 33.5 Å². The number of nitrogens with one attached hydrogen (secondary N) is 1. The smallest absolute Gasteiger partial charge is 0.465 e. The molecule has 2 fully saturated rings. The second kappa shape index (κ2) is 17.0. The number of hydrogen-bond acceptors (Lipinski definition) is 17. The average Bonchev–Trinajstić information content (AvgIpc) is 3.65. The number of aliphatic hydroxyl groups is 1. The summed E-state index contributed by atoms with van der Waals surface area (Å²) in [6.07, 6.45) is -3.69. The van der Waals surface area contributed by atoms with Crippen molar-refractivity contribution in [3.8, 4) is 0 Å². The van der Waals surface area contributed by atoms with E-state index >= 15 is 0 Å². The summed E-state index contributed by atoms with van der Waals surface area (Å²) in [6.45, 7) is 10.6. The largest absolute Gasteiger partial charge is 0.475 e. The first-order valence-electron chi connectivity index (χ1n) is 17.6. The molecule has 2 saturated heterocycles. The van der Waals surface area contributed by atoms with E-state index in [9.17, 15) is 39.0 Å². The Labute approximate surface area is 322 Å². The number of hydrogen-bond donors (Lipinski definition) is 3. The molecule has 2 aliphatic rings. The lowest BCUT2D eigenvalue weighted by Crippen LogP contribution is -2.41. The second-order valence-corrected chi connectivity index (χ2v) is 28.6. The van der Waals surface area contributed by atoms with E-state index in [0.717, 1.165) is 11.0 Å². The molecule has 5 atom stereocenters. The Bertz CT molecular complexity index is 2050. The molecule has 2 aliphatic heterocycles. The van der Waals surface area contributed by atoms with E-state index < -0.39 is 102 Å². The predicted octanol–water partition coefficient (Wildman–Crippen LogP) is 2.81. The first kappa shape index (κ1) is 42.8. The molecule has 2 aromatic heterocycles. The van der Waals surface area contributed by atoms with Gasteiger partial charge in [-0.1, -0.05) is 39.3 Å². The molecule has 0 saturated carbocycles. The van der Waals surface area contributed by atoms with Gasteiger partial charge in [-0.3, -0.25) is 52.4 Å². The number of carbonyl (C=O) groups is 3. The lowest BCUT2D eigenvalue weighted by atomic mass is 10.1. The van der Waals surface area contributed by atoms with Crippen LogP contribution < -0.4 is 11.3 Å². The molecule has 0 spiro atoms. The van der Waals surface area contributed by atoms with Gasteiger partial charge in [-0.15, -0.1) is 0 Å². The Hall–Kier alpha value is -4.36. The lowest BCUT2D eigenvalue weighted by molar-refractivity contribution is -0.385. The molecule has 4 heterocycles. The molecule has 0 radical (unpaired) electrons. The number of benzene rings is 1. The number of anilines is 1. The minimum absolute atomic E-state index is 0.0152. The van der Waals surface area contributed by atoms with Crippen LogP contribution in [0, 0.1) is 10.1 Å². The summed E-state index contributed by atoms with van der Waals surface area (Å²) in [5.41, 5.74) is 4.04. The van der Waals surface area contributed by atoms with Crippen LogP contribution in [0.3, 0.4) is 0 Å². The number of nitrogens with zero attached hydrogens (tertiary/aromatic N) is 5. The van der Waals surface area contributed by atoms with Crippen LogP contribution >= 0.6 is 7.82 Å². The number of phosphoric acid groups is 1. The molecule has 1 unspecified atom stereocenters. The Balaban J connectivity index is 1.27. The summed E-state index contributed by atoms with van der Waals surface area (Å²) in [6, 6.07) is 4.72. The van der Waals surface area contributed by atoms with E-state index in [-0.39, 0.29) is 48.1 Å². The standard InChI is InChI=1S/C32H46N7O14PSi2/c1-55(2,3)11-9-48-23(40)14-37(15-24(41)49-10-12-56(4,5)6)30(44)19-7-8-20(21(13-19)39(45)46)16-50-54(47)51-17-22-27(53-54)26(42)31(52-22)38-18-34-25-28(38)35-32(33)36-29(25)43/h7-8,13,18,22,26-27,31,42H,9-12,14-17H2,1-6H3,(H3,33,35,36,43)/t22-,26-,27-,31-,54?/m1/s1. The lowest BCUT2D eigenvalue weighted by Gasteiger charge is -2.30. The van der Waals surface area contributed by atoms with E-state index in [1.165, 1.54) is 23.0 Å². The molecule has 5 rings (SSSR count). The van der Waals surface area contributed by atoms with Gasteiger partial charge in [0.15, 0.2) is 17.4 Å². The fourth-order valence-electron chi connectivity index (χ4n) is 5.62. The number of amides is 1. The summed E-state index contributed by atoms with van der Waals surface area (Å²) in [5.74, 6) is -2.59. The molecule has 0 bridgehead atoms. The van der Waals surface area contributed by atoms with Crippen molar-refractivity contribution >= 4 is 64.6 Å². The third kappa shape index (κ3) is 10.7. The van der Waals surface area contributed by atoms with Crippen LogP contribution in [0.5, 0.6) is 0 Å². The Morgan fingerprint density at radius 1 is 1.11 bits per heavy atom. The maximum Gasteiger partial charge on any atom is 0.475 e. The zero-order valence-corrected chi connectivity index (χ0v) is 34.7. The number of aliphatic hydroxyl groups excluding tert-OH is 1. The van der Waals surface area contributed by atoms with Gasteiger partial charge in [-0.2, -0.15) is 4.98 Å². The van der Waals surface area contributed by atoms with Crippen LogP contribution in [0.4, 0.5) is 11.6 Å². The zero-order chi connectivity index (χ0) is 41.2. The van der Waals surface area contributed by atoms with Gasteiger partial charge in [0.1, 0.15) is 31.4 Å². The highest BCUT2D eigenvalue weighted by molar-refractivity contribution is 7.48. The average molecular weight is 840 g/mol. The number of nitro groups is 1. The third-order valence-electron chi connectivity index (χ3n) is 8.75. The highest BCUT2D eigenvalue weighted by Crippen LogP contribution is 2.57. The molecule has 1 amide bonds. The molecule has 306 valence electrons. The Kier molecular flexibility index (Phi) is 13.0. The Morgan fingerprint density at radius 3 is 2.32 bits per heavy atom. The summed E-state index contributed by atoms with van der Waals surface area (Å²) in [4.78, 5) is 74.1. The second-order valence-electron chi connectivity index (χ2n) is 15.7. The SMILES string of the molecule is C[Si](C)(C)CCOC(=O)CN(CC(=O)OCC[Si](C)(C)C)C(=O)c1ccc(COP2(=O)OC[C@H]3O[C@@H](n4cnc5c(=O)[nH]c(N)nc54)[C@H](O)[C@@H]3O2)c([N+](=O)[O-])c1. The number of aromatic amines is 1. The molecule has 56 heavy (non-hydrogen) atoms. The number of phosphoric ester groups is 1. The van der Waals surface area contributed by atoms with Crippen molar-refractivity contribution in [1.29, 1.82) is 0 Å². The molecule has 21 nitrogen and oxygen atoms in total. The molecule has 24 heteroatoms. The number of ether oxygens (including phenoxy) is 3. The van der Waals surface area contributed by atoms with Gasteiger partial charge in [0.25, 0.3) is 17.2 Å². The number of H-pyrrole nitrogens is 1. The van der Waals surface area contributed by atoms with Gasteiger partial charge < -0.3 is 30.0 Å². The van der Waals surface area contributed by atoms with Crippen LogP contribution in [0.2, 0.25) is 51.4 Å². The molecular formula is C32H46N7O14PSi2. The quantitative estimate of drug-likeness (QED) is 0.0615. The first-order chi connectivity index (χ1) is 26.1. The summed E-state index contributed by atoms with van der Waals surface area (Å²) >= 11 is 0. The number of carbonyl (C=O) groups excluding carboxylic acids is 3. The van der Waals surface area contributed by atoms with Crippen molar-refractivity contribution in [3.05, 3.63) is 56.1 Å². The zero-order valence-electron chi connectivity index (χ0n) is 31.8. The number of nitrogen functional groups attached to an aromatic ring is 1. The molecule has 3 aromatic rings. The third-order valence-corrected chi connectivity index (χ3v) is 13.6. The van der Waals surface area contributed by atoms with Gasteiger partial charge in [0.05, 0.1) is 43.2 Å². The number of rotatable bonds is 16. The number of esters is 2. The Morgan fingerprint density at radius 2 is 1.73 bits per heavy atom. The van der Waals surface area contributed by atoms with E-state index in [2.05, 4.69) is 54.2 Å². The number of imidazole rings is 1. The maximum absolute atomic E-state index is 13.7. The van der Waals surface area contributed by atoms with Gasteiger partial charge in [-0.25, -0.2) is 9.55 Å². The predicted molar refractivity (Wildman–Crippen MR) is 203 cm³/mol. The van der Waals surface area contributed by atoms with Crippen LogP contribution in [-0.2, 0) is 48.5 Å². The monoisotopic (exact) mass is 839 g/mol. The van der Waals surface area contributed by atoms with Crippen LogP contribution in [0.25, 0.3) is 11.2 Å². The van der Waals surface area contributed by atoms with E-state index in [1.807, 2.05) is 0 Å². The molecule has 0 aliphatic carbocycles. The number of aromatic nitrogens is 4. The normalized spacial score (nSPS) is 22.4. The minimum atomic E-state index is -4.47. The molecular weight excluding hydrogens is 794 g/mol. The fourth-order valence-corrected chi connectivity index (χ4v) is 8.43. The van der Waals surface area contributed by atoms with Crippen molar-refractivity contribution in [3.63, 3.8) is 0 Å². The molecule has 1 aromatic carbocycles. The maximum atomic E-state index is 13.7. The van der Waals surface area contributed by atoms with E-state index in [1.54, 1.807) is 0 Å². The van der Waals surface area contributed by atoms with E-state index in [0.29, 0.717) is 12.1 Å². The van der Waals surface area contributed by atoms with Gasteiger partial charge >= 0.3 is 19.8 Å². The van der Waals surface area contributed by atoms with Gasteiger partial charge in [0.2, 0.25) is 5.95 Å². The highest BCUT2D eigenvalue weighted by atomic mass is 31.2. The summed E-state index contributed by atoms with van der Waals surface area (Å²) < 4.78 is 47.7. The highest BCUT2D eigenvalue weighted by Gasteiger charge is 2.54. The summed E-state index contributed by atoms with van der Waals surface area (Å²) in [5, 5.41) is 23.3. The van der Waals surface area contributed by atoms with Crippen LogP contribution in [-0.4, -0.2) is 120 Å². The van der Waals surface area contributed by atoms with Crippen molar-refractivity contribution < 1.29 is 56.8 Å². The van der Waals surface area contributed by atoms with Crippen LogP contribution in [0.1, 0.15) is 22.1 Å². The number of nitro benzene ring substituents is 1. The number of nitrogens with two attached hydrogens (primary N) is 1. The van der Waals surface area contributed by atoms with Crippen molar-refractivity contribution in [2.75, 3.05) is 38.6 Å². The minimum Gasteiger partial charge on any atom is -0.465 e. The summed E-state index contributed by atoms with van der Waals surface area (Å²) in [7, 11) is -7.56.